The molecule has 10 atom stereocenters. The van der Waals surface area contributed by atoms with E-state index in [1.165, 1.54) is 33.8 Å². The van der Waals surface area contributed by atoms with Crippen LogP contribution in [0.15, 0.2) is 67.3 Å². The molecule has 0 aliphatic carbocycles. The molecule has 16 nitrogen and oxygen atoms in total. The lowest BCUT2D eigenvalue weighted by Crippen LogP contribution is -2.78. The number of benzene rings is 1. The van der Waals surface area contributed by atoms with Crippen LogP contribution in [0, 0.1) is 23.2 Å². The summed E-state index contributed by atoms with van der Waals surface area (Å²) in [5.41, 5.74) is -7.24. The predicted octanol–water partition coefficient (Wildman–Crippen LogP) is 4.53. The van der Waals surface area contributed by atoms with Crippen LogP contribution in [0.5, 0.6) is 0 Å². The SMILES string of the molecule is C=CCOC(=O)C1OC2(CCC(=C)[C@@H](OC(C)=O)[C@H](C)Cc3ccccc3)OC(C(=O)O)([C@H](OC(=O)/C=C/[C@@H](C)C[C@@H](C)CC)[C@H]2O)C1(O)C(=O)OCOC(=O)C(C)(C)C. The van der Waals surface area contributed by atoms with Gasteiger partial charge >= 0.3 is 35.8 Å². The Labute approximate surface area is 350 Å². The highest BCUT2D eigenvalue weighted by Gasteiger charge is 2.86. The second kappa shape index (κ2) is 20.6. The lowest BCUT2D eigenvalue weighted by atomic mass is 9.74. The summed E-state index contributed by atoms with van der Waals surface area (Å²) in [4.78, 5) is 79.8. The molecule has 332 valence electrons. The first-order valence-corrected chi connectivity index (χ1v) is 19.9. The second-order valence-electron chi connectivity index (χ2n) is 16.6. The number of allylic oxidation sites excluding steroid dienone is 1. The van der Waals surface area contributed by atoms with Crippen molar-refractivity contribution in [2.24, 2.45) is 23.2 Å². The minimum atomic E-state index is -3.80. The molecule has 2 aliphatic rings. The van der Waals surface area contributed by atoms with Crippen molar-refractivity contribution >= 4 is 35.8 Å². The van der Waals surface area contributed by atoms with E-state index in [9.17, 15) is 44.1 Å². The maximum absolute atomic E-state index is 14.1. The van der Waals surface area contributed by atoms with Gasteiger partial charge < -0.3 is 48.5 Å². The summed E-state index contributed by atoms with van der Waals surface area (Å²) in [6.07, 6.45) is -3.53. The van der Waals surface area contributed by atoms with Crippen LogP contribution in [-0.4, -0.2) is 106 Å². The van der Waals surface area contributed by atoms with Crippen LogP contribution in [0.25, 0.3) is 0 Å². The number of fused-ring (bicyclic) bond motifs is 2. The quantitative estimate of drug-likeness (QED) is 0.0508. The first-order chi connectivity index (χ1) is 28.0. The van der Waals surface area contributed by atoms with Gasteiger partial charge in [-0.2, -0.15) is 0 Å². The monoisotopic (exact) mass is 844 g/mol. The molecule has 0 spiro atoms. The molecule has 2 aliphatic heterocycles. The minimum absolute atomic E-state index is 0.146. The van der Waals surface area contributed by atoms with E-state index >= 15 is 0 Å². The maximum atomic E-state index is 14.1. The summed E-state index contributed by atoms with van der Waals surface area (Å²) in [5, 5.41) is 35.6. The van der Waals surface area contributed by atoms with E-state index in [1.807, 2.05) is 58.0 Å². The van der Waals surface area contributed by atoms with Crippen LogP contribution >= 0.6 is 0 Å². The Balaban J connectivity index is 2.16. The van der Waals surface area contributed by atoms with Gasteiger partial charge in [0.15, 0.2) is 6.10 Å². The van der Waals surface area contributed by atoms with Crippen LogP contribution in [0.3, 0.4) is 0 Å². The molecule has 0 aromatic heterocycles. The Bertz CT molecular complexity index is 1770. The highest BCUT2D eigenvalue weighted by atomic mass is 16.8. The highest BCUT2D eigenvalue weighted by Crippen LogP contribution is 2.56. The summed E-state index contributed by atoms with van der Waals surface area (Å²) in [6.45, 7) is 19.3. The summed E-state index contributed by atoms with van der Waals surface area (Å²) in [7, 11) is 0. The fraction of sp³-hybridized carbons (Fsp3) is 0.591. The molecule has 0 amide bonds. The summed E-state index contributed by atoms with van der Waals surface area (Å²) in [5.74, 6) is -11.2. The molecular weight excluding hydrogens is 784 g/mol. The van der Waals surface area contributed by atoms with Gasteiger partial charge in [-0.1, -0.05) is 89.8 Å². The standard InChI is InChI=1S/C44H60O16/c1-11-22-54-37(48)36-43(53,40(52)56-25-55-39(51)41(8,9)10)44(38(49)50)35(58-32(46)19-18-27(4)23-26(3)12-2)34(47)42(59-36,60-44)21-20-28(5)33(57-30(7)45)29(6)24-31-16-14-13-15-17-31/h11,13-19,26-27,29,33-36,47,53H,1,5,12,20-25H2,2-4,6-10H3,(H,49,50)/b19-18+/t26-,27+,29+,33+,34+,35+,36?,42?,43?,44?/m0/s1. The van der Waals surface area contributed by atoms with E-state index in [0.717, 1.165) is 24.1 Å². The zero-order valence-corrected chi connectivity index (χ0v) is 35.7. The Morgan fingerprint density at radius 3 is 2.23 bits per heavy atom. The Morgan fingerprint density at radius 1 is 1.02 bits per heavy atom. The van der Waals surface area contributed by atoms with Gasteiger partial charge in [0.25, 0.3) is 0 Å². The third-order valence-corrected chi connectivity index (χ3v) is 10.6. The molecule has 2 heterocycles. The van der Waals surface area contributed by atoms with Crippen LogP contribution in [0.1, 0.15) is 86.6 Å². The molecule has 2 saturated heterocycles. The van der Waals surface area contributed by atoms with Crippen molar-refractivity contribution in [3.05, 3.63) is 72.9 Å². The maximum Gasteiger partial charge on any atom is 0.348 e. The Hall–Kier alpha value is -4.90. The fourth-order valence-electron chi connectivity index (χ4n) is 7.24. The number of hydrogen-bond donors (Lipinski definition) is 3. The first kappa shape index (κ1) is 49.5. The van der Waals surface area contributed by atoms with Crippen molar-refractivity contribution in [3.8, 4) is 0 Å². The second-order valence-corrected chi connectivity index (χ2v) is 16.6. The third-order valence-electron chi connectivity index (χ3n) is 10.6. The number of carboxylic acid groups (broad SMARTS) is 1. The van der Waals surface area contributed by atoms with Gasteiger partial charge in [-0.05, 0) is 63.0 Å². The molecule has 2 bridgehead atoms. The number of carboxylic acids is 1. The van der Waals surface area contributed by atoms with E-state index in [1.54, 1.807) is 0 Å². The van der Waals surface area contributed by atoms with Crippen LogP contribution < -0.4 is 0 Å². The average molecular weight is 845 g/mol. The molecule has 16 heteroatoms. The lowest BCUT2D eigenvalue weighted by molar-refractivity contribution is -0.375. The number of hydrogen-bond acceptors (Lipinski definition) is 15. The fourth-order valence-corrected chi connectivity index (χ4v) is 7.24. The topological polar surface area (TPSA) is 228 Å². The summed E-state index contributed by atoms with van der Waals surface area (Å²) in [6, 6.07) is 9.33. The molecule has 0 saturated carbocycles. The van der Waals surface area contributed by atoms with Crippen molar-refractivity contribution in [3.63, 3.8) is 0 Å². The van der Waals surface area contributed by atoms with Crippen molar-refractivity contribution in [2.75, 3.05) is 13.4 Å². The number of carbonyl (C=O) groups excluding carboxylic acids is 5. The first-order valence-electron chi connectivity index (χ1n) is 19.9. The summed E-state index contributed by atoms with van der Waals surface area (Å²) < 4.78 is 38.5. The van der Waals surface area contributed by atoms with E-state index in [0.29, 0.717) is 18.8 Å². The van der Waals surface area contributed by atoms with Crippen molar-refractivity contribution in [2.45, 2.75) is 129 Å². The molecular formula is C44H60O16. The van der Waals surface area contributed by atoms with Crippen LogP contribution in [0.4, 0.5) is 0 Å². The molecule has 60 heavy (non-hydrogen) atoms. The number of aliphatic hydroxyl groups is 2. The predicted molar refractivity (Wildman–Crippen MR) is 213 cm³/mol. The van der Waals surface area contributed by atoms with Crippen molar-refractivity contribution < 1.29 is 77.2 Å². The van der Waals surface area contributed by atoms with Crippen LogP contribution in [0.2, 0.25) is 0 Å². The van der Waals surface area contributed by atoms with Gasteiger partial charge in [0.05, 0.1) is 5.41 Å². The summed E-state index contributed by atoms with van der Waals surface area (Å²) >= 11 is 0. The Morgan fingerprint density at radius 2 is 1.67 bits per heavy atom. The molecule has 3 N–H and O–H groups in total. The molecule has 3 rings (SSSR count). The zero-order chi connectivity index (χ0) is 45.2. The van der Waals surface area contributed by atoms with Crippen LogP contribution in [-0.2, 0) is 68.3 Å². The molecule has 4 unspecified atom stereocenters. The number of aliphatic hydroxyl groups excluding tert-OH is 1. The number of aliphatic carboxylic acids is 1. The van der Waals surface area contributed by atoms with Gasteiger partial charge in [0.2, 0.25) is 29.9 Å². The van der Waals surface area contributed by atoms with E-state index in [4.69, 9.17) is 33.2 Å². The smallest absolute Gasteiger partial charge is 0.348 e. The van der Waals surface area contributed by atoms with Gasteiger partial charge in [-0.3, -0.25) is 9.59 Å². The van der Waals surface area contributed by atoms with Gasteiger partial charge in [0.1, 0.15) is 18.8 Å². The molecule has 1 aromatic carbocycles. The minimum Gasteiger partial charge on any atom is -0.479 e. The third kappa shape index (κ3) is 11.1. The molecule has 1 aromatic rings. The molecule has 0 radical (unpaired) electrons. The zero-order valence-electron chi connectivity index (χ0n) is 35.7. The van der Waals surface area contributed by atoms with E-state index < -0.39 is 102 Å². The Kier molecular flexibility index (Phi) is 17.0. The van der Waals surface area contributed by atoms with E-state index in [-0.39, 0.29) is 23.8 Å². The van der Waals surface area contributed by atoms with Crippen molar-refractivity contribution in [1.82, 2.24) is 0 Å². The number of rotatable bonds is 21. The number of carbonyl (C=O) groups is 6. The lowest BCUT2D eigenvalue weighted by Gasteiger charge is -2.49. The van der Waals surface area contributed by atoms with Gasteiger partial charge in [-0.25, -0.2) is 19.2 Å². The largest absolute Gasteiger partial charge is 0.479 e. The van der Waals surface area contributed by atoms with Crippen molar-refractivity contribution in [1.29, 1.82) is 0 Å². The number of ether oxygens (including phenoxy) is 7. The normalized spacial score (nSPS) is 26.8. The molecule has 2 fully saturated rings. The van der Waals surface area contributed by atoms with Gasteiger partial charge in [-0.15, -0.1) is 0 Å². The van der Waals surface area contributed by atoms with E-state index in [2.05, 4.69) is 13.2 Å². The average Bonchev–Trinajstić information content (AvgIpc) is 3.40. The van der Waals surface area contributed by atoms with Gasteiger partial charge in [0, 0.05) is 25.3 Å². The number of esters is 5. The highest BCUT2D eigenvalue weighted by molar-refractivity contribution is 5.99.